The van der Waals surface area contributed by atoms with Gasteiger partial charge in [0.05, 0.1) is 17.6 Å². The molecule has 0 bridgehead atoms. The number of nitrogens with zero attached hydrogens (tertiary/aromatic N) is 3. The second-order valence-electron chi connectivity index (χ2n) is 11.4. The van der Waals surface area contributed by atoms with Crippen LogP contribution >= 0.6 is 0 Å². The first kappa shape index (κ1) is 28.9. The molecule has 2 heterocycles. The summed E-state index contributed by atoms with van der Waals surface area (Å²) in [6.07, 6.45) is 1.72. The third-order valence-electron chi connectivity index (χ3n) is 6.84. The molecule has 0 spiro atoms. The number of amides is 2. The second kappa shape index (κ2) is 11.8. The maximum atomic E-state index is 14.0. The van der Waals surface area contributed by atoms with Crippen molar-refractivity contribution in [3.63, 3.8) is 0 Å². The lowest BCUT2D eigenvalue weighted by Gasteiger charge is -2.41. The van der Waals surface area contributed by atoms with Crippen LogP contribution in [0.3, 0.4) is 0 Å². The van der Waals surface area contributed by atoms with Crippen molar-refractivity contribution >= 4 is 23.5 Å². The van der Waals surface area contributed by atoms with Crippen molar-refractivity contribution in [2.75, 3.05) is 38.3 Å². The number of aryl methyl sites for hydroxylation is 1. The molecule has 0 aromatic heterocycles. The average molecular weight is 518 g/mol. The molecule has 1 aromatic rings. The molecule has 0 saturated carbocycles. The Morgan fingerprint density at radius 2 is 1.95 bits per heavy atom. The highest BCUT2D eigenvalue weighted by atomic mass is 16.7. The van der Waals surface area contributed by atoms with Crippen LogP contribution in [0.4, 0.5) is 5.69 Å². The average Bonchev–Trinajstić information content (AvgIpc) is 2.81. The zero-order valence-corrected chi connectivity index (χ0v) is 23.6. The predicted octanol–water partition coefficient (Wildman–Crippen LogP) is 3.96. The van der Waals surface area contributed by atoms with E-state index in [1.165, 1.54) is 0 Å². The van der Waals surface area contributed by atoms with Crippen LogP contribution in [-0.4, -0.2) is 79.3 Å². The molecule has 206 valence electrons. The van der Waals surface area contributed by atoms with E-state index in [4.69, 9.17) is 14.3 Å². The minimum Gasteiger partial charge on any atom is -0.479 e. The summed E-state index contributed by atoms with van der Waals surface area (Å²) in [4.78, 5) is 48.7. The minimum atomic E-state index is -0.604. The molecule has 0 radical (unpaired) electrons. The number of methoxy groups -OCH3 is 1. The first-order chi connectivity index (χ1) is 17.3. The van der Waals surface area contributed by atoms with Gasteiger partial charge in [0.25, 0.3) is 11.8 Å². The van der Waals surface area contributed by atoms with Gasteiger partial charge in [-0.1, -0.05) is 0 Å². The number of piperidine rings is 1. The van der Waals surface area contributed by atoms with E-state index in [0.29, 0.717) is 49.7 Å². The zero-order chi connectivity index (χ0) is 27.5. The van der Waals surface area contributed by atoms with Crippen molar-refractivity contribution in [3.8, 4) is 5.75 Å². The topological polar surface area (TPSA) is 88.6 Å². The Morgan fingerprint density at radius 1 is 1.24 bits per heavy atom. The molecule has 1 aromatic carbocycles. The predicted molar refractivity (Wildman–Crippen MR) is 142 cm³/mol. The summed E-state index contributed by atoms with van der Waals surface area (Å²) in [6.45, 7) is 15.2. The van der Waals surface area contributed by atoms with Crippen LogP contribution in [0, 0.1) is 12.3 Å². The molecule has 1 fully saturated rings. The molecule has 2 aliphatic rings. The van der Waals surface area contributed by atoms with E-state index in [1.54, 1.807) is 30.1 Å². The van der Waals surface area contributed by atoms with Gasteiger partial charge in [-0.25, -0.2) is 4.79 Å². The van der Waals surface area contributed by atoms with Crippen molar-refractivity contribution in [1.29, 1.82) is 0 Å². The number of hydrogen-bond donors (Lipinski definition) is 0. The molecular formula is C28H43N3O6. The molecule has 2 amide bonds. The standard InChI is InChI=1S/C28H43N3O6/c1-18(2)31(21-11-9-12-29(17-21)37-27(34)28(5,6)7)26(33)22-16-23-24(15-19(22)3)36-20(4)25(32)30(23)13-10-14-35-8/h15-16,18,20-21H,9-14,17H2,1-8H3/t20-,21-/m1/s1. The summed E-state index contributed by atoms with van der Waals surface area (Å²) < 4.78 is 11.1. The Labute approximate surface area is 221 Å². The summed E-state index contributed by atoms with van der Waals surface area (Å²) >= 11 is 0. The number of carbonyl (C=O) groups excluding carboxylic acids is 3. The summed E-state index contributed by atoms with van der Waals surface area (Å²) in [5, 5.41) is 1.69. The number of rotatable bonds is 8. The molecule has 3 rings (SSSR count). The highest BCUT2D eigenvalue weighted by molar-refractivity contribution is 6.03. The number of carbonyl (C=O) groups is 3. The summed E-state index contributed by atoms with van der Waals surface area (Å²) in [5.41, 5.74) is 1.34. The lowest BCUT2D eigenvalue weighted by atomic mass is 9.97. The third kappa shape index (κ3) is 6.62. The summed E-state index contributed by atoms with van der Waals surface area (Å²) in [6, 6.07) is 3.47. The van der Waals surface area contributed by atoms with Crippen LogP contribution in [0.15, 0.2) is 12.1 Å². The van der Waals surface area contributed by atoms with Crippen LogP contribution in [0.25, 0.3) is 0 Å². The number of hydrogen-bond acceptors (Lipinski definition) is 7. The van der Waals surface area contributed by atoms with Crippen LogP contribution < -0.4 is 9.64 Å². The highest BCUT2D eigenvalue weighted by Gasteiger charge is 2.37. The van der Waals surface area contributed by atoms with Gasteiger partial charge >= 0.3 is 5.97 Å². The molecule has 37 heavy (non-hydrogen) atoms. The fourth-order valence-electron chi connectivity index (χ4n) is 4.83. The zero-order valence-electron chi connectivity index (χ0n) is 23.6. The molecule has 0 N–H and O–H groups in total. The summed E-state index contributed by atoms with van der Waals surface area (Å²) in [5.74, 6) is 0.0866. The van der Waals surface area contributed by atoms with Crippen molar-refractivity contribution in [1.82, 2.24) is 9.96 Å². The van der Waals surface area contributed by atoms with E-state index >= 15 is 0 Å². The van der Waals surface area contributed by atoms with E-state index in [0.717, 1.165) is 18.4 Å². The quantitative estimate of drug-likeness (QED) is 0.482. The van der Waals surface area contributed by atoms with Gasteiger partial charge in [-0.2, -0.15) is 0 Å². The maximum absolute atomic E-state index is 14.0. The van der Waals surface area contributed by atoms with Gasteiger partial charge in [0.2, 0.25) is 0 Å². The molecule has 0 unspecified atom stereocenters. The number of ether oxygens (including phenoxy) is 2. The Hall–Kier alpha value is -2.65. The Kier molecular flexibility index (Phi) is 9.23. The third-order valence-corrected chi connectivity index (χ3v) is 6.84. The lowest BCUT2D eigenvalue weighted by Crippen LogP contribution is -2.53. The van der Waals surface area contributed by atoms with Gasteiger partial charge in [-0.15, -0.1) is 5.06 Å². The smallest absolute Gasteiger partial charge is 0.330 e. The fraction of sp³-hybridized carbons (Fsp3) is 0.679. The molecule has 9 nitrogen and oxygen atoms in total. The van der Waals surface area contributed by atoms with E-state index in [2.05, 4.69) is 0 Å². The van der Waals surface area contributed by atoms with Gasteiger partial charge in [0.15, 0.2) is 6.10 Å². The number of anilines is 1. The number of hydroxylamine groups is 2. The molecule has 1 saturated heterocycles. The number of fused-ring (bicyclic) bond motifs is 1. The van der Waals surface area contributed by atoms with Gasteiger partial charge < -0.3 is 24.1 Å². The molecule has 2 atom stereocenters. The van der Waals surface area contributed by atoms with Crippen LogP contribution in [0.1, 0.15) is 76.7 Å². The van der Waals surface area contributed by atoms with E-state index in [1.807, 2.05) is 52.5 Å². The Morgan fingerprint density at radius 3 is 2.57 bits per heavy atom. The van der Waals surface area contributed by atoms with Gasteiger partial charge in [0.1, 0.15) is 5.75 Å². The molecule has 2 aliphatic heterocycles. The van der Waals surface area contributed by atoms with E-state index < -0.39 is 11.5 Å². The Bertz CT molecular complexity index is 1000. The van der Waals surface area contributed by atoms with Crippen LogP contribution in [-0.2, 0) is 19.2 Å². The monoisotopic (exact) mass is 517 g/mol. The maximum Gasteiger partial charge on any atom is 0.330 e. The van der Waals surface area contributed by atoms with Crippen molar-refractivity contribution in [3.05, 3.63) is 23.3 Å². The normalized spacial score (nSPS) is 20.5. The van der Waals surface area contributed by atoms with Gasteiger partial charge in [-0.05, 0) is 85.4 Å². The van der Waals surface area contributed by atoms with E-state index in [-0.39, 0.29) is 29.9 Å². The minimum absolute atomic E-state index is 0.0677. The highest BCUT2D eigenvalue weighted by Crippen LogP contribution is 2.37. The first-order valence-electron chi connectivity index (χ1n) is 13.3. The van der Waals surface area contributed by atoms with Gasteiger partial charge in [-0.3, -0.25) is 9.59 Å². The van der Waals surface area contributed by atoms with Gasteiger partial charge in [0, 0.05) is 44.5 Å². The van der Waals surface area contributed by atoms with Crippen LogP contribution in [0.5, 0.6) is 5.75 Å². The second-order valence-corrected chi connectivity index (χ2v) is 11.4. The Balaban J connectivity index is 1.89. The molecule has 9 heteroatoms. The van der Waals surface area contributed by atoms with Crippen molar-refractivity contribution in [2.24, 2.45) is 5.41 Å². The first-order valence-corrected chi connectivity index (χ1v) is 13.3. The fourth-order valence-corrected chi connectivity index (χ4v) is 4.83. The van der Waals surface area contributed by atoms with E-state index in [9.17, 15) is 14.4 Å². The van der Waals surface area contributed by atoms with Crippen LogP contribution in [0.2, 0.25) is 0 Å². The SMILES string of the molecule is COCCCN1C(=O)[C@@H](C)Oc2cc(C)c(C(=O)N(C(C)C)[C@@H]3CCCN(OC(=O)C(C)(C)C)C3)cc21. The lowest BCUT2D eigenvalue weighted by molar-refractivity contribution is -0.208. The molecule has 0 aliphatic carbocycles. The van der Waals surface area contributed by atoms with Crippen molar-refractivity contribution in [2.45, 2.75) is 85.9 Å². The number of benzene rings is 1. The molecular weight excluding hydrogens is 474 g/mol. The largest absolute Gasteiger partial charge is 0.479 e. The summed E-state index contributed by atoms with van der Waals surface area (Å²) in [7, 11) is 1.63. The van der Waals surface area contributed by atoms with Crippen molar-refractivity contribution < 1.29 is 28.7 Å².